The van der Waals surface area contributed by atoms with Crippen LogP contribution in [0.1, 0.15) is 46.1 Å². The van der Waals surface area contributed by atoms with Crippen LogP contribution in [0.3, 0.4) is 0 Å². The van der Waals surface area contributed by atoms with Gasteiger partial charge in [0, 0.05) is 12.2 Å². The van der Waals surface area contributed by atoms with Crippen LogP contribution in [0, 0.1) is 0 Å². The van der Waals surface area contributed by atoms with E-state index in [1.54, 1.807) is 27.7 Å². The number of hydrogen-bond donors (Lipinski definition) is 2. The second kappa shape index (κ2) is 7.05. The largest absolute Gasteiger partial charge is 0.389 e. The molecule has 0 unspecified atom stereocenters. The third-order valence-corrected chi connectivity index (χ3v) is 3.65. The number of nitrogens with zero attached hydrogens (tertiary/aromatic N) is 2. The maximum atomic E-state index is 10.6. The average molecular weight is 332 g/mol. The second-order valence-electron chi connectivity index (χ2n) is 7.19. The van der Waals surface area contributed by atoms with Crippen LogP contribution in [-0.4, -0.2) is 32.0 Å². The molecule has 24 heavy (non-hydrogen) atoms. The maximum Gasteiger partial charge on any atom is 0.135 e. The first-order chi connectivity index (χ1) is 11.1. The highest BCUT2D eigenvalue weighted by Crippen LogP contribution is 2.33. The lowest BCUT2D eigenvalue weighted by atomic mass is 9.99. The standard InChI is InChI=1S/C19H28N2O3/c1-6-24-12-15-20-17(19(4,5)23)16(14-10-8-7-9-11-14)21(15)13-18(2,3)22/h7-11,22-23H,6,12-13H2,1-5H3. The summed E-state index contributed by atoms with van der Waals surface area (Å²) in [6.45, 7) is 10.2. The summed E-state index contributed by atoms with van der Waals surface area (Å²) in [5.41, 5.74) is 0.348. The topological polar surface area (TPSA) is 67.5 Å². The van der Waals surface area contributed by atoms with E-state index < -0.39 is 11.2 Å². The van der Waals surface area contributed by atoms with Crippen LogP contribution in [0.15, 0.2) is 30.3 Å². The highest BCUT2D eigenvalue weighted by molar-refractivity contribution is 5.64. The van der Waals surface area contributed by atoms with E-state index in [0.717, 1.165) is 11.3 Å². The second-order valence-corrected chi connectivity index (χ2v) is 7.19. The molecule has 5 heteroatoms. The smallest absolute Gasteiger partial charge is 0.135 e. The van der Waals surface area contributed by atoms with Crippen molar-refractivity contribution in [3.8, 4) is 11.3 Å². The lowest BCUT2D eigenvalue weighted by Gasteiger charge is -2.23. The fraction of sp³-hybridized carbons (Fsp3) is 0.526. The number of aliphatic hydroxyl groups is 2. The summed E-state index contributed by atoms with van der Waals surface area (Å²) in [7, 11) is 0. The molecule has 5 nitrogen and oxygen atoms in total. The highest BCUT2D eigenvalue weighted by Gasteiger charge is 2.30. The molecule has 0 radical (unpaired) electrons. The van der Waals surface area contributed by atoms with Gasteiger partial charge in [0.1, 0.15) is 18.0 Å². The maximum absolute atomic E-state index is 10.6. The molecule has 0 saturated heterocycles. The van der Waals surface area contributed by atoms with Gasteiger partial charge in [-0.05, 0) is 34.6 Å². The quantitative estimate of drug-likeness (QED) is 0.817. The Morgan fingerprint density at radius 3 is 2.21 bits per heavy atom. The predicted octanol–water partition coefficient (Wildman–Crippen LogP) is 3.08. The Morgan fingerprint density at radius 2 is 1.71 bits per heavy atom. The van der Waals surface area contributed by atoms with Gasteiger partial charge in [-0.25, -0.2) is 4.98 Å². The first-order valence-corrected chi connectivity index (χ1v) is 8.31. The molecule has 0 amide bonds. The van der Waals surface area contributed by atoms with E-state index in [1.165, 1.54) is 0 Å². The van der Waals surface area contributed by atoms with Gasteiger partial charge in [0.05, 0.1) is 23.5 Å². The minimum absolute atomic E-state index is 0.336. The fourth-order valence-electron chi connectivity index (χ4n) is 2.68. The van der Waals surface area contributed by atoms with Crippen LogP contribution in [-0.2, 0) is 23.5 Å². The Bertz CT molecular complexity index is 664. The Kier molecular flexibility index (Phi) is 5.48. The Hall–Kier alpha value is -1.69. The zero-order chi connectivity index (χ0) is 18.0. The number of hydrogen-bond acceptors (Lipinski definition) is 4. The van der Waals surface area contributed by atoms with Crippen LogP contribution in [0.5, 0.6) is 0 Å². The third kappa shape index (κ3) is 4.44. The van der Waals surface area contributed by atoms with E-state index in [0.29, 0.717) is 31.3 Å². The lowest BCUT2D eigenvalue weighted by molar-refractivity contribution is 0.0571. The molecule has 0 bridgehead atoms. The SMILES string of the molecule is CCOCc1nc(C(C)(C)O)c(-c2ccccc2)n1CC(C)(C)O. The number of ether oxygens (including phenoxy) is 1. The molecule has 0 aliphatic carbocycles. The molecule has 0 fully saturated rings. The molecule has 0 saturated carbocycles. The molecule has 0 spiro atoms. The van der Waals surface area contributed by atoms with Gasteiger partial charge in [-0.1, -0.05) is 30.3 Å². The summed E-state index contributed by atoms with van der Waals surface area (Å²) in [5, 5.41) is 21.0. The average Bonchev–Trinajstić information content (AvgIpc) is 2.82. The van der Waals surface area contributed by atoms with E-state index in [1.807, 2.05) is 41.8 Å². The molecule has 2 N–H and O–H groups in total. The molecular weight excluding hydrogens is 304 g/mol. The van der Waals surface area contributed by atoms with Crippen LogP contribution in [0.2, 0.25) is 0 Å². The predicted molar refractivity (Wildman–Crippen MR) is 94.5 cm³/mol. The first-order valence-electron chi connectivity index (χ1n) is 8.31. The Morgan fingerprint density at radius 1 is 1.08 bits per heavy atom. The van der Waals surface area contributed by atoms with Gasteiger partial charge < -0.3 is 19.5 Å². The van der Waals surface area contributed by atoms with E-state index in [9.17, 15) is 10.2 Å². The van der Waals surface area contributed by atoms with Crippen LogP contribution in [0.25, 0.3) is 11.3 Å². The Labute approximate surface area is 143 Å². The zero-order valence-electron chi connectivity index (χ0n) is 15.2. The van der Waals surface area contributed by atoms with Gasteiger partial charge >= 0.3 is 0 Å². The van der Waals surface area contributed by atoms with E-state index >= 15 is 0 Å². The van der Waals surface area contributed by atoms with Crippen molar-refractivity contribution >= 4 is 0 Å². The van der Waals surface area contributed by atoms with Gasteiger partial charge in [0.15, 0.2) is 0 Å². The number of benzene rings is 1. The molecule has 0 aliphatic heterocycles. The molecule has 1 aromatic heterocycles. The minimum Gasteiger partial charge on any atom is -0.389 e. The number of aromatic nitrogens is 2. The van der Waals surface area contributed by atoms with Crippen molar-refractivity contribution in [1.29, 1.82) is 0 Å². The van der Waals surface area contributed by atoms with Crippen molar-refractivity contribution < 1.29 is 14.9 Å². The van der Waals surface area contributed by atoms with E-state index in [2.05, 4.69) is 4.98 Å². The van der Waals surface area contributed by atoms with Gasteiger partial charge in [-0.15, -0.1) is 0 Å². The zero-order valence-corrected chi connectivity index (χ0v) is 15.2. The summed E-state index contributed by atoms with van der Waals surface area (Å²) >= 11 is 0. The number of rotatable bonds is 7. The third-order valence-electron chi connectivity index (χ3n) is 3.65. The first kappa shape index (κ1) is 18.6. The highest BCUT2D eigenvalue weighted by atomic mass is 16.5. The van der Waals surface area contributed by atoms with Crippen molar-refractivity contribution in [2.75, 3.05) is 6.61 Å². The monoisotopic (exact) mass is 332 g/mol. The van der Waals surface area contributed by atoms with E-state index in [-0.39, 0.29) is 0 Å². The molecule has 2 aromatic rings. The van der Waals surface area contributed by atoms with Crippen molar-refractivity contribution in [2.45, 2.75) is 59.0 Å². The molecule has 1 aromatic carbocycles. The van der Waals surface area contributed by atoms with Crippen molar-refractivity contribution in [2.24, 2.45) is 0 Å². The summed E-state index contributed by atoms with van der Waals surface area (Å²) in [5.74, 6) is 0.704. The van der Waals surface area contributed by atoms with Crippen molar-refractivity contribution in [3.05, 3.63) is 41.9 Å². The lowest BCUT2D eigenvalue weighted by Crippen LogP contribution is -2.28. The minimum atomic E-state index is -1.10. The van der Waals surface area contributed by atoms with Gasteiger partial charge in [-0.2, -0.15) is 0 Å². The molecule has 1 heterocycles. The van der Waals surface area contributed by atoms with E-state index in [4.69, 9.17) is 4.74 Å². The molecule has 0 aliphatic rings. The summed E-state index contributed by atoms with van der Waals surface area (Å²) in [6.07, 6.45) is 0. The van der Waals surface area contributed by atoms with Crippen molar-refractivity contribution in [1.82, 2.24) is 9.55 Å². The van der Waals surface area contributed by atoms with Gasteiger partial charge in [0.25, 0.3) is 0 Å². The fourth-order valence-corrected chi connectivity index (χ4v) is 2.68. The van der Waals surface area contributed by atoms with Gasteiger partial charge in [0.2, 0.25) is 0 Å². The summed E-state index contributed by atoms with van der Waals surface area (Å²) in [6, 6.07) is 9.82. The van der Waals surface area contributed by atoms with Crippen molar-refractivity contribution in [3.63, 3.8) is 0 Å². The molecule has 2 rings (SSSR count). The molecular formula is C19H28N2O3. The summed E-state index contributed by atoms with van der Waals surface area (Å²) in [4.78, 5) is 4.66. The summed E-state index contributed by atoms with van der Waals surface area (Å²) < 4.78 is 7.50. The van der Waals surface area contributed by atoms with Gasteiger partial charge in [-0.3, -0.25) is 0 Å². The van der Waals surface area contributed by atoms with Crippen LogP contribution in [0.4, 0.5) is 0 Å². The molecule has 0 atom stereocenters. The number of imidazole rings is 1. The Balaban J connectivity index is 2.68. The normalized spacial score (nSPS) is 12.6. The van der Waals surface area contributed by atoms with Crippen LogP contribution < -0.4 is 0 Å². The molecule has 132 valence electrons. The van der Waals surface area contributed by atoms with Crippen LogP contribution >= 0.6 is 0 Å².